The molecule has 0 fully saturated rings. The van der Waals surface area contributed by atoms with E-state index in [4.69, 9.17) is 9.72 Å². The van der Waals surface area contributed by atoms with Gasteiger partial charge in [0, 0.05) is 26.7 Å². The molecule has 9 nitrogen and oxygen atoms in total. The Morgan fingerprint density at radius 3 is 2.79 bits per heavy atom. The van der Waals surface area contributed by atoms with Crippen LogP contribution in [0.1, 0.15) is 33.5 Å². The Labute approximate surface area is 197 Å². The third kappa shape index (κ3) is 3.68. The number of thiazole rings is 1. The first kappa shape index (κ1) is 21.6. The quantitative estimate of drug-likeness (QED) is 0.624. The molecule has 0 saturated heterocycles. The summed E-state index contributed by atoms with van der Waals surface area (Å²) in [6.07, 6.45) is 2.70. The molecule has 4 heterocycles. The molecule has 2 aromatic heterocycles. The van der Waals surface area contributed by atoms with Gasteiger partial charge in [0.1, 0.15) is 16.4 Å². The summed E-state index contributed by atoms with van der Waals surface area (Å²) in [5.41, 5.74) is 4.52. The number of ether oxygens (including phenoxy) is 1. The molecule has 1 aromatic carbocycles. The van der Waals surface area contributed by atoms with Crippen LogP contribution in [0.3, 0.4) is 0 Å². The minimum Gasteiger partial charge on any atom is -0.495 e. The second kappa shape index (κ2) is 8.27. The molecular formula is C23H27N7O2S. The number of hydrogen-bond donors (Lipinski definition) is 1. The fourth-order valence-corrected chi connectivity index (χ4v) is 5.28. The molecule has 1 amide bonds. The van der Waals surface area contributed by atoms with E-state index in [1.54, 1.807) is 18.2 Å². The monoisotopic (exact) mass is 465 g/mol. The molecule has 2 aliphatic heterocycles. The Bertz CT molecular complexity index is 1240. The maximum atomic E-state index is 13.2. The molecule has 0 saturated carbocycles. The van der Waals surface area contributed by atoms with Crippen LogP contribution in [-0.2, 0) is 13.0 Å². The molecule has 0 atom stereocenters. The van der Waals surface area contributed by atoms with Crippen molar-refractivity contribution in [2.45, 2.75) is 26.8 Å². The number of nitrogens with zero attached hydrogens (tertiary/aromatic N) is 6. The lowest BCUT2D eigenvalue weighted by molar-refractivity contribution is 0.0985. The third-order valence-corrected chi connectivity index (χ3v) is 7.16. The van der Waals surface area contributed by atoms with Gasteiger partial charge in [0.2, 0.25) is 5.95 Å². The Hall–Kier alpha value is -3.24. The lowest BCUT2D eigenvalue weighted by Gasteiger charge is -2.26. The van der Waals surface area contributed by atoms with Gasteiger partial charge in [-0.3, -0.25) is 4.79 Å². The Morgan fingerprint density at radius 1 is 1.21 bits per heavy atom. The van der Waals surface area contributed by atoms with E-state index in [1.165, 1.54) is 22.5 Å². The molecule has 0 spiro atoms. The number of carbonyl (C=O) groups is 1. The second-order valence-electron chi connectivity index (χ2n) is 8.33. The van der Waals surface area contributed by atoms with Crippen LogP contribution in [0.25, 0.3) is 0 Å². The normalized spacial score (nSPS) is 15.6. The number of amides is 1. The number of likely N-dealkylation sites (N-methyl/N-ethyl adjacent to an activating group) is 1. The van der Waals surface area contributed by atoms with Gasteiger partial charge in [0.05, 0.1) is 24.0 Å². The van der Waals surface area contributed by atoms with E-state index in [9.17, 15) is 4.79 Å². The minimum absolute atomic E-state index is 0.132. The van der Waals surface area contributed by atoms with E-state index < -0.39 is 0 Å². The van der Waals surface area contributed by atoms with Gasteiger partial charge in [-0.15, -0.1) is 11.3 Å². The molecule has 0 bridgehead atoms. The molecule has 0 unspecified atom stereocenters. The van der Waals surface area contributed by atoms with Crippen LogP contribution in [0.5, 0.6) is 5.75 Å². The number of benzene rings is 1. The molecule has 10 heteroatoms. The number of hydrogen-bond acceptors (Lipinski definition) is 9. The van der Waals surface area contributed by atoms with Crippen LogP contribution >= 0.6 is 11.3 Å². The first-order valence-corrected chi connectivity index (χ1v) is 11.8. The van der Waals surface area contributed by atoms with Gasteiger partial charge in [0.15, 0.2) is 11.5 Å². The molecule has 0 aliphatic carbocycles. The van der Waals surface area contributed by atoms with Crippen molar-refractivity contribution in [3.63, 3.8) is 0 Å². The zero-order valence-corrected chi connectivity index (χ0v) is 20.3. The molecular weight excluding hydrogens is 438 g/mol. The van der Waals surface area contributed by atoms with E-state index in [0.717, 1.165) is 41.0 Å². The molecule has 5 rings (SSSR count). The summed E-state index contributed by atoms with van der Waals surface area (Å²) < 4.78 is 5.66. The first-order chi connectivity index (χ1) is 15.9. The average Bonchev–Trinajstić information content (AvgIpc) is 3.17. The molecule has 1 N–H and O–H groups in total. The van der Waals surface area contributed by atoms with Crippen LogP contribution in [-0.4, -0.2) is 60.1 Å². The van der Waals surface area contributed by atoms with E-state index in [0.29, 0.717) is 29.7 Å². The van der Waals surface area contributed by atoms with Crippen LogP contribution in [0, 0.1) is 6.92 Å². The maximum Gasteiger partial charge on any atom is 0.280 e. The van der Waals surface area contributed by atoms with Crippen molar-refractivity contribution in [2.75, 3.05) is 49.4 Å². The standard InChI is InChI=1S/C23H27N7O2S/c1-6-30-17-11-24-23(27-20(17)29(4)22-19(21(30)31)25-13(2)33-22)26-16-9-15-12-28(3)8-7-14(15)10-18(16)32-5/h9-11H,6-8,12H2,1-5H3,(H,24,26,27). The SMILES string of the molecule is CCN1C(=O)c2nc(C)sc2N(C)c2nc(Nc3cc4c(cc3OC)CCN(C)C4)ncc21. The number of aromatic nitrogens is 3. The van der Waals surface area contributed by atoms with Crippen LogP contribution in [0.4, 0.5) is 28.1 Å². The summed E-state index contributed by atoms with van der Waals surface area (Å²) in [5.74, 6) is 1.72. The highest BCUT2D eigenvalue weighted by molar-refractivity contribution is 7.16. The van der Waals surface area contributed by atoms with Gasteiger partial charge in [-0.1, -0.05) is 0 Å². The van der Waals surface area contributed by atoms with Crippen LogP contribution in [0.15, 0.2) is 18.3 Å². The number of carbonyl (C=O) groups excluding carboxylic acids is 1. The molecule has 0 radical (unpaired) electrons. The van der Waals surface area contributed by atoms with Gasteiger partial charge < -0.3 is 24.8 Å². The van der Waals surface area contributed by atoms with Crippen molar-refractivity contribution >= 4 is 45.4 Å². The van der Waals surface area contributed by atoms with Gasteiger partial charge in [-0.25, -0.2) is 9.97 Å². The summed E-state index contributed by atoms with van der Waals surface area (Å²) in [5, 5.41) is 4.97. The number of anilines is 5. The third-order valence-electron chi connectivity index (χ3n) is 6.11. The zero-order valence-electron chi connectivity index (χ0n) is 19.5. The molecule has 2 aliphatic rings. The Kier molecular flexibility index (Phi) is 5.41. The topological polar surface area (TPSA) is 86.7 Å². The highest BCUT2D eigenvalue weighted by Gasteiger charge is 2.33. The fourth-order valence-electron chi connectivity index (χ4n) is 4.41. The van der Waals surface area contributed by atoms with Crippen molar-refractivity contribution in [1.82, 2.24) is 19.9 Å². The molecule has 172 valence electrons. The average molecular weight is 466 g/mol. The second-order valence-corrected chi connectivity index (χ2v) is 9.51. The van der Waals surface area contributed by atoms with Crippen molar-refractivity contribution < 1.29 is 9.53 Å². The summed E-state index contributed by atoms with van der Waals surface area (Å²) in [4.78, 5) is 32.9. The van der Waals surface area contributed by atoms with Crippen molar-refractivity contribution in [2.24, 2.45) is 0 Å². The highest BCUT2D eigenvalue weighted by atomic mass is 32.1. The highest BCUT2D eigenvalue weighted by Crippen LogP contribution is 2.42. The number of aryl methyl sites for hydroxylation is 1. The summed E-state index contributed by atoms with van der Waals surface area (Å²) in [6.45, 7) is 6.27. The molecule has 3 aromatic rings. The van der Waals surface area contributed by atoms with E-state index in [-0.39, 0.29) is 5.91 Å². The van der Waals surface area contributed by atoms with Crippen LogP contribution in [0.2, 0.25) is 0 Å². The Balaban J connectivity index is 1.56. The largest absolute Gasteiger partial charge is 0.495 e. The predicted octanol–water partition coefficient (Wildman–Crippen LogP) is 3.73. The van der Waals surface area contributed by atoms with Gasteiger partial charge in [-0.2, -0.15) is 4.98 Å². The fraction of sp³-hybridized carbons (Fsp3) is 0.391. The van der Waals surface area contributed by atoms with Crippen molar-refractivity contribution in [3.05, 3.63) is 40.2 Å². The van der Waals surface area contributed by atoms with Gasteiger partial charge in [-0.05, 0) is 50.6 Å². The number of methoxy groups -OCH3 is 1. The van der Waals surface area contributed by atoms with Gasteiger partial charge in [0.25, 0.3) is 5.91 Å². The molecule has 33 heavy (non-hydrogen) atoms. The van der Waals surface area contributed by atoms with E-state index >= 15 is 0 Å². The lowest BCUT2D eigenvalue weighted by atomic mass is 9.99. The van der Waals surface area contributed by atoms with Gasteiger partial charge >= 0.3 is 0 Å². The summed E-state index contributed by atoms with van der Waals surface area (Å²) in [6, 6.07) is 4.22. The minimum atomic E-state index is -0.132. The van der Waals surface area contributed by atoms with E-state index in [2.05, 4.69) is 39.4 Å². The summed E-state index contributed by atoms with van der Waals surface area (Å²) >= 11 is 1.48. The predicted molar refractivity (Wildman–Crippen MR) is 131 cm³/mol. The smallest absolute Gasteiger partial charge is 0.280 e. The summed E-state index contributed by atoms with van der Waals surface area (Å²) in [7, 11) is 5.71. The van der Waals surface area contributed by atoms with Crippen LogP contribution < -0.4 is 19.9 Å². The number of nitrogens with one attached hydrogen (secondary N) is 1. The number of rotatable bonds is 4. The van der Waals surface area contributed by atoms with E-state index in [1.807, 2.05) is 25.8 Å². The van der Waals surface area contributed by atoms with Crippen molar-refractivity contribution in [3.8, 4) is 5.75 Å². The number of fused-ring (bicyclic) bond motifs is 3. The zero-order chi connectivity index (χ0) is 23.3. The Morgan fingerprint density at radius 2 is 2.03 bits per heavy atom. The maximum absolute atomic E-state index is 13.2. The first-order valence-electron chi connectivity index (χ1n) is 10.9. The van der Waals surface area contributed by atoms with Crippen molar-refractivity contribution in [1.29, 1.82) is 0 Å². The lowest BCUT2D eigenvalue weighted by Crippen LogP contribution is -2.30.